The molecule has 0 bridgehead atoms. The van der Waals surface area contributed by atoms with Crippen LogP contribution in [0.3, 0.4) is 0 Å². The number of fused-ring (bicyclic) bond motifs is 1. The van der Waals surface area contributed by atoms with Gasteiger partial charge in [0.25, 0.3) is 0 Å². The van der Waals surface area contributed by atoms with Gasteiger partial charge in [0.15, 0.2) is 0 Å². The standard InChI is InChI=1S/C12H14N2O/c1-8(13)9-5-6-11(15-2)12-10(9)4-3-7-14-12/h3-8H,13H2,1-2H3. The highest BCUT2D eigenvalue weighted by Crippen LogP contribution is 2.28. The molecule has 2 rings (SSSR count). The normalized spacial score (nSPS) is 12.7. The Morgan fingerprint density at radius 2 is 2.13 bits per heavy atom. The molecule has 0 saturated heterocycles. The molecule has 0 amide bonds. The maximum atomic E-state index is 5.90. The molecular weight excluding hydrogens is 188 g/mol. The highest BCUT2D eigenvalue weighted by molar-refractivity contribution is 5.87. The van der Waals surface area contributed by atoms with Crippen molar-refractivity contribution in [1.82, 2.24) is 4.98 Å². The molecule has 0 fully saturated rings. The van der Waals surface area contributed by atoms with E-state index < -0.39 is 0 Å². The first kappa shape index (κ1) is 9.93. The molecule has 2 aromatic rings. The Bertz CT molecular complexity index is 480. The van der Waals surface area contributed by atoms with Crippen LogP contribution in [0.1, 0.15) is 18.5 Å². The van der Waals surface area contributed by atoms with Crippen LogP contribution in [0.15, 0.2) is 30.5 Å². The van der Waals surface area contributed by atoms with Crippen molar-refractivity contribution in [3.63, 3.8) is 0 Å². The zero-order valence-corrected chi connectivity index (χ0v) is 8.90. The van der Waals surface area contributed by atoms with E-state index >= 15 is 0 Å². The molecule has 0 aliphatic carbocycles. The fourth-order valence-electron chi connectivity index (χ4n) is 1.73. The van der Waals surface area contributed by atoms with Crippen LogP contribution in [0, 0.1) is 0 Å². The maximum absolute atomic E-state index is 5.90. The molecule has 1 unspecified atom stereocenters. The van der Waals surface area contributed by atoms with Gasteiger partial charge in [-0.25, -0.2) is 0 Å². The molecule has 0 spiro atoms. The van der Waals surface area contributed by atoms with Crippen molar-refractivity contribution in [2.45, 2.75) is 13.0 Å². The number of methoxy groups -OCH3 is 1. The lowest BCUT2D eigenvalue weighted by Crippen LogP contribution is -2.06. The molecule has 2 N–H and O–H groups in total. The van der Waals surface area contributed by atoms with Gasteiger partial charge in [-0.05, 0) is 24.6 Å². The first-order valence-corrected chi connectivity index (χ1v) is 4.91. The van der Waals surface area contributed by atoms with E-state index in [-0.39, 0.29) is 6.04 Å². The first-order valence-electron chi connectivity index (χ1n) is 4.91. The molecule has 1 heterocycles. The summed E-state index contributed by atoms with van der Waals surface area (Å²) in [6.45, 7) is 1.97. The van der Waals surface area contributed by atoms with Gasteiger partial charge in [-0.2, -0.15) is 0 Å². The van der Waals surface area contributed by atoms with Crippen LogP contribution in [-0.4, -0.2) is 12.1 Å². The molecule has 0 saturated carbocycles. The molecule has 3 heteroatoms. The van der Waals surface area contributed by atoms with E-state index in [1.807, 2.05) is 31.2 Å². The van der Waals surface area contributed by atoms with E-state index in [4.69, 9.17) is 10.5 Å². The molecule has 1 aromatic carbocycles. The Morgan fingerprint density at radius 3 is 2.80 bits per heavy atom. The van der Waals surface area contributed by atoms with Gasteiger partial charge < -0.3 is 10.5 Å². The number of ether oxygens (including phenoxy) is 1. The quantitative estimate of drug-likeness (QED) is 0.812. The molecule has 78 valence electrons. The molecule has 0 aliphatic heterocycles. The van der Waals surface area contributed by atoms with E-state index in [9.17, 15) is 0 Å². The summed E-state index contributed by atoms with van der Waals surface area (Å²) in [6, 6.07) is 7.83. The SMILES string of the molecule is COc1ccc(C(C)N)c2cccnc12. The predicted molar refractivity (Wildman–Crippen MR) is 60.9 cm³/mol. The Balaban J connectivity index is 2.77. The molecule has 0 aliphatic rings. The molecule has 1 atom stereocenters. The summed E-state index contributed by atoms with van der Waals surface area (Å²) in [7, 11) is 1.65. The predicted octanol–water partition coefficient (Wildman–Crippen LogP) is 2.26. The number of rotatable bonds is 2. The summed E-state index contributed by atoms with van der Waals surface area (Å²) in [6.07, 6.45) is 1.76. The molecular formula is C12H14N2O. The smallest absolute Gasteiger partial charge is 0.145 e. The number of hydrogen-bond donors (Lipinski definition) is 1. The van der Waals surface area contributed by atoms with Gasteiger partial charge >= 0.3 is 0 Å². The summed E-state index contributed by atoms with van der Waals surface area (Å²) in [5.41, 5.74) is 7.87. The second-order valence-corrected chi connectivity index (χ2v) is 3.55. The van der Waals surface area contributed by atoms with Crippen molar-refractivity contribution >= 4 is 10.9 Å². The number of hydrogen-bond acceptors (Lipinski definition) is 3. The minimum absolute atomic E-state index is 0.00241. The largest absolute Gasteiger partial charge is 0.494 e. The lowest BCUT2D eigenvalue weighted by atomic mass is 10.0. The first-order chi connectivity index (χ1) is 7.24. The fraction of sp³-hybridized carbons (Fsp3) is 0.250. The van der Waals surface area contributed by atoms with Crippen molar-refractivity contribution < 1.29 is 4.74 Å². The zero-order chi connectivity index (χ0) is 10.8. The Kier molecular flexibility index (Phi) is 2.56. The van der Waals surface area contributed by atoms with Crippen LogP contribution >= 0.6 is 0 Å². The van der Waals surface area contributed by atoms with Gasteiger partial charge in [0.2, 0.25) is 0 Å². The van der Waals surface area contributed by atoms with Crippen LogP contribution < -0.4 is 10.5 Å². The van der Waals surface area contributed by atoms with E-state index in [0.29, 0.717) is 0 Å². The number of pyridine rings is 1. The summed E-state index contributed by atoms with van der Waals surface area (Å²) in [4.78, 5) is 4.31. The van der Waals surface area contributed by atoms with Crippen molar-refractivity contribution in [3.8, 4) is 5.75 Å². The summed E-state index contributed by atoms with van der Waals surface area (Å²) >= 11 is 0. The highest BCUT2D eigenvalue weighted by atomic mass is 16.5. The second kappa shape index (κ2) is 3.87. The monoisotopic (exact) mass is 202 g/mol. The third-order valence-electron chi connectivity index (χ3n) is 2.48. The molecule has 3 nitrogen and oxygen atoms in total. The zero-order valence-electron chi connectivity index (χ0n) is 8.90. The van der Waals surface area contributed by atoms with Crippen LogP contribution in [-0.2, 0) is 0 Å². The molecule has 15 heavy (non-hydrogen) atoms. The fourth-order valence-corrected chi connectivity index (χ4v) is 1.73. The van der Waals surface area contributed by atoms with E-state index in [0.717, 1.165) is 22.2 Å². The lowest BCUT2D eigenvalue weighted by Gasteiger charge is -2.11. The summed E-state index contributed by atoms with van der Waals surface area (Å²) in [5.74, 6) is 0.787. The van der Waals surface area contributed by atoms with Gasteiger partial charge in [0.05, 0.1) is 7.11 Å². The van der Waals surface area contributed by atoms with Crippen LogP contribution in [0.5, 0.6) is 5.75 Å². The van der Waals surface area contributed by atoms with Gasteiger partial charge in [-0.15, -0.1) is 0 Å². The molecule has 1 aromatic heterocycles. The number of nitrogens with two attached hydrogens (primary N) is 1. The second-order valence-electron chi connectivity index (χ2n) is 3.55. The average molecular weight is 202 g/mol. The van der Waals surface area contributed by atoms with Gasteiger partial charge in [0.1, 0.15) is 11.3 Å². The topological polar surface area (TPSA) is 48.1 Å². The third-order valence-corrected chi connectivity index (χ3v) is 2.48. The van der Waals surface area contributed by atoms with Crippen LogP contribution in [0.25, 0.3) is 10.9 Å². The summed E-state index contributed by atoms with van der Waals surface area (Å²) in [5, 5.41) is 1.06. The minimum Gasteiger partial charge on any atom is -0.494 e. The van der Waals surface area contributed by atoms with Crippen molar-refractivity contribution in [1.29, 1.82) is 0 Å². The van der Waals surface area contributed by atoms with Crippen LogP contribution in [0.2, 0.25) is 0 Å². The van der Waals surface area contributed by atoms with Crippen molar-refractivity contribution in [3.05, 3.63) is 36.0 Å². The van der Waals surface area contributed by atoms with Gasteiger partial charge in [-0.3, -0.25) is 4.98 Å². The Morgan fingerprint density at radius 1 is 1.33 bits per heavy atom. The number of aromatic nitrogens is 1. The average Bonchev–Trinajstić information content (AvgIpc) is 2.27. The maximum Gasteiger partial charge on any atom is 0.145 e. The molecule has 0 radical (unpaired) electrons. The van der Waals surface area contributed by atoms with Crippen molar-refractivity contribution in [2.75, 3.05) is 7.11 Å². The Labute approximate surface area is 88.9 Å². The lowest BCUT2D eigenvalue weighted by molar-refractivity contribution is 0.418. The van der Waals surface area contributed by atoms with Gasteiger partial charge in [-0.1, -0.05) is 12.1 Å². The van der Waals surface area contributed by atoms with Crippen molar-refractivity contribution in [2.24, 2.45) is 5.73 Å². The van der Waals surface area contributed by atoms with Crippen LogP contribution in [0.4, 0.5) is 0 Å². The highest BCUT2D eigenvalue weighted by Gasteiger charge is 2.09. The minimum atomic E-state index is 0.00241. The van der Waals surface area contributed by atoms with Gasteiger partial charge in [0, 0.05) is 17.6 Å². The third kappa shape index (κ3) is 1.66. The Hall–Kier alpha value is -1.61. The number of nitrogens with zero attached hydrogens (tertiary/aromatic N) is 1. The van der Waals surface area contributed by atoms with E-state index in [2.05, 4.69) is 4.98 Å². The van der Waals surface area contributed by atoms with E-state index in [1.165, 1.54) is 0 Å². The number of benzene rings is 1. The van der Waals surface area contributed by atoms with E-state index in [1.54, 1.807) is 13.3 Å². The summed E-state index contributed by atoms with van der Waals surface area (Å²) < 4.78 is 5.26.